The maximum Gasteiger partial charge on any atom is 0.270 e. The van der Waals surface area contributed by atoms with E-state index in [0.29, 0.717) is 12.5 Å². The lowest BCUT2D eigenvalue weighted by Crippen LogP contribution is -2.26. The number of rotatable bonds is 5. The molecule has 1 saturated heterocycles. The summed E-state index contributed by atoms with van der Waals surface area (Å²) in [4.78, 5) is 22.0. The molecule has 0 aliphatic carbocycles. The molecule has 1 aromatic rings. The second kappa shape index (κ2) is 8.17. The zero-order valence-corrected chi connectivity index (χ0v) is 12.9. The van der Waals surface area contributed by atoms with Crippen LogP contribution >= 0.6 is 24.0 Å². The largest absolute Gasteiger partial charge is 0.352 e. The Bertz CT molecular complexity index is 519. The van der Waals surface area contributed by atoms with Crippen LogP contribution in [-0.2, 0) is 0 Å². The van der Waals surface area contributed by atoms with Gasteiger partial charge in [0.1, 0.15) is 0 Å². The molecule has 1 heterocycles. The molecule has 1 fully saturated rings. The molecule has 0 bridgehead atoms. The SMILES string of the molecule is Cl.O=C(NCCC1CCNC1)c1ccc([N+](=O)[O-])cc1Cl. The third-order valence-corrected chi connectivity index (χ3v) is 3.72. The first-order valence-corrected chi connectivity index (χ1v) is 6.88. The topological polar surface area (TPSA) is 84.3 Å². The Morgan fingerprint density at radius 1 is 1.52 bits per heavy atom. The molecule has 1 aliphatic rings. The number of benzene rings is 1. The zero-order valence-electron chi connectivity index (χ0n) is 11.3. The van der Waals surface area contributed by atoms with Gasteiger partial charge in [0, 0.05) is 18.7 Å². The second-order valence-corrected chi connectivity index (χ2v) is 5.23. The molecule has 1 atom stereocenters. The third-order valence-electron chi connectivity index (χ3n) is 3.41. The van der Waals surface area contributed by atoms with E-state index < -0.39 is 4.92 Å². The van der Waals surface area contributed by atoms with Gasteiger partial charge in [-0.1, -0.05) is 11.6 Å². The monoisotopic (exact) mass is 333 g/mol. The summed E-state index contributed by atoms with van der Waals surface area (Å²) in [6.07, 6.45) is 2.05. The van der Waals surface area contributed by atoms with Crippen LogP contribution in [0.15, 0.2) is 18.2 Å². The van der Waals surface area contributed by atoms with Crippen molar-refractivity contribution in [1.82, 2.24) is 10.6 Å². The molecule has 6 nitrogen and oxygen atoms in total. The van der Waals surface area contributed by atoms with Crippen LogP contribution in [0.3, 0.4) is 0 Å². The minimum atomic E-state index is -0.541. The fraction of sp³-hybridized carbons (Fsp3) is 0.462. The van der Waals surface area contributed by atoms with Crippen molar-refractivity contribution in [1.29, 1.82) is 0 Å². The van der Waals surface area contributed by atoms with Gasteiger partial charge in [-0.2, -0.15) is 0 Å². The molecule has 21 heavy (non-hydrogen) atoms. The Balaban J connectivity index is 0.00000220. The van der Waals surface area contributed by atoms with Crippen LogP contribution < -0.4 is 10.6 Å². The van der Waals surface area contributed by atoms with Crippen molar-refractivity contribution in [3.8, 4) is 0 Å². The second-order valence-electron chi connectivity index (χ2n) is 4.82. The van der Waals surface area contributed by atoms with Crippen molar-refractivity contribution in [2.75, 3.05) is 19.6 Å². The molecular formula is C13H17Cl2N3O3. The summed E-state index contributed by atoms with van der Waals surface area (Å²) in [5, 5.41) is 16.8. The van der Waals surface area contributed by atoms with Gasteiger partial charge in [-0.05, 0) is 37.9 Å². The highest BCUT2D eigenvalue weighted by atomic mass is 35.5. The van der Waals surface area contributed by atoms with Crippen LogP contribution in [0.2, 0.25) is 5.02 Å². The molecule has 1 amide bonds. The van der Waals surface area contributed by atoms with Crippen molar-refractivity contribution in [2.45, 2.75) is 12.8 Å². The lowest BCUT2D eigenvalue weighted by Gasteiger charge is -2.10. The Morgan fingerprint density at radius 3 is 2.86 bits per heavy atom. The van der Waals surface area contributed by atoms with Crippen molar-refractivity contribution in [3.63, 3.8) is 0 Å². The van der Waals surface area contributed by atoms with Crippen LogP contribution in [0.25, 0.3) is 0 Å². The Labute approximate surface area is 133 Å². The van der Waals surface area contributed by atoms with Crippen LogP contribution in [0.5, 0.6) is 0 Å². The molecule has 2 rings (SSSR count). The average Bonchev–Trinajstić information content (AvgIpc) is 2.91. The van der Waals surface area contributed by atoms with Crippen molar-refractivity contribution < 1.29 is 9.72 Å². The van der Waals surface area contributed by atoms with Crippen molar-refractivity contribution in [3.05, 3.63) is 38.9 Å². The van der Waals surface area contributed by atoms with Gasteiger partial charge in [-0.15, -0.1) is 12.4 Å². The summed E-state index contributed by atoms with van der Waals surface area (Å²) < 4.78 is 0. The van der Waals surface area contributed by atoms with Crippen LogP contribution in [-0.4, -0.2) is 30.5 Å². The Hall–Kier alpha value is -1.37. The van der Waals surface area contributed by atoms with Gasteiger partial charge in [-0.25, -0.2) is 0 Å². The van der Waals surface area contributed by atoms with Crippen LogP contribution in [0.4, 0.5) is 5.69 Å². The third kappa shape index (κ3) is 4.84. The summed E-state index contributed by atoms with van der Waals surface area (Å²) in [5.41, 5.74) is 0.144. The maximum absolute atomic E-state index is 11.9. The molecule has 1 unspecified atom stereocenters. The summed E-state index contributed by atoms with van der Waals surface area (Å²) in [5.74, 6) is 0.304. The smallest absolute Gasteiger partial charge is 0.270 e. The van der Waals surface area contributed by atoms with Crippen LogP contribution in [0.1, 0.15) is 23.2 Å². The number of halogens is 2. The summed E-state index contributed by atoms with van der Waals surface area (Å²) in [7, 11) is 0. The normalized spacial score (nSPS) is 17.1. The number of carbonyl (C=O) groups is 1. The van der Waals surface area contributed by atoms with E-state index in [0.717, 1.165) is 25.9 Å². The number of amides is 1. The van der Waals surface area contributed by atoms with E-state index in [2.05, 4.69) is 10.6 Å². The molecule has 8 heteroatoms. The van der Waals surface area contributed by atoms with Gasteiger partial charge >= 0.3 is 0 Å². The molecule has 0 spiro atoms. The first kappa shape index (κ1) is 17.7. The van der Waals surface area contributed by atoms with Gasteiger partial charge in [0.2, 0.25) is 0 Å². The van der Waals surface area contributed by atoms with E-state index in [9.17, 15) is 14.9 Å². The quantitative estimate of drug-likeness (QED) is 0.640. The van der Waals surface area contributed by atoms with E-state index in [1.165, 1.54) is 18.2 Å². The number of carbonyl (C=O) groups excluding carboxylic acids is 1. The predicted molar refractivity (Wildman–Crippen MR) is 83.3 cm³/mol. The first-order valence-electron chi connectivity index (χ1n) is 6.51. The highest BCUT2D eigenvalue weighted by molar-refractivity contribution is 6.34. The molecule has 116 valence electrons. The summed E-state index contributed by atoms with van der Waals surface area (Å²) in [6.45, 7) is 2.61. The summed E-state index contributed by atoms with van der Waals surface area (Å²) >= 11 is 5.90. The van der Waals surface area contributed by atoms with E-state index in [1.54, 1.807) is 0 Å². The number of nitrogens with one attached hydrogen (secondary N) is 2. The highest BCUT2D eigenvalue weighted by Crippen LogP contribution is 2.22. The lowest BCUT2D eigenvalue weighted by atomic mass is 10.1. The fourth-order valence-corrected chi connectivity index (χ4v) is 2.51. The predicted octanol–water partition coefficient (Wildman–Crippen LogP) is 2.40. The molecule has 0 radical (unpaired) electrons. The number of non-ortho nitro benzene ring substituents is 1. The first-order chi connectivity index (χ1) is 9.58. The zero-order chi connectivity index (χ0) is 14.5. The van der Waals surface area contributed by atoms with Crippen molar-refractivity contribution in [2.24, 2.45) is 5.92 Å². The average molecular weight is 334 g/mol. The highest BCUT2D eigenvalue weighted by Gasteiger charge is 2.17. The Kier molecular flexibility index (Phi) is 6.87. The van der Waals surface area contributed by atoms with Crippen molar-refractivity contribution >= 4 is 35.6 Å². The molecule has 1 aliphatic heterocycles. The van der Waals surface area contributed by atoms with Gasteiger partial charge in [0.25, 0.3) is 11.6 Å². The standard InChI is InChI=1S/C13H16ClN3O3.ClH/c14-12-7-10(17(19)20)1-2-11(12)13(18)16-6-4-9-3-5-15-8-9;/h1-2,7,9,15H,3-6,8H2,(H,16,18);1H. The maximum atomic E-state index is 11.9. The van der Waals surface area contributed by atoms with Gasteiger partial charge in [0.05, 0.1) is 15.5 Å². The van der Waals surface area contributed by atoms with E-state index in [4.69, 9.17) is 11.6 Å². The minimum Gasteiger partial charge on any atom is -0.352 e. The minimum absolute atomic E-state index is 0. The van der Waals surface area contributed by atoms with E-state index in [-0.39, 0.29) is 34.6 Å². The molecular weight excluding hydrogens is 317 g/mol. The molecule has 2 N–H and O–H groups in total. The van der Waals surface area contributed by atoms with E-state index in [1.807, 2.05) is 0 Å². The fourth-order valence-electron chi connectivity index (χ4n) is 2.25. The summed E-state index contributed by atoms with van der Waals surface area (Å²) in [6, 6.07) is 3.85. The van der Waals surface area contributed by atoms with Gasteiger partial charge in [-0.3, -0.25) is 14.9 Å². The van der Waals surface area contributed by atoms with Gasteiger partial charge in [0.15, 0.2) is 0 Å². The number of nitro groups is 1. The molecule has 1 aromatic carbocycles. The molecule has 0 aromatic heterocycles. The number of nitrogens with zero attached hydrogens (tertiary/aromatic N) is 1. The lowest BCUT2D eigenvalue weighted by molar-refractivity contribution is -0.384. The Morgan fingerprint density at radius 2 is 2.29 bits per heavy atom. The van der Waals surface area contributed by atoms with Gasteiger partial charge < -0.3 is 10.6 Å². The number of hydrogen-bond acceptors (Lipinski definition) is 4. The number of nitro benzene ring substituents is 1. The van der Waals surface area contributed by atoms with E-state index >= 15 is 0 Å². The number of hydrogen-bond donors (Lipinski definition) is 2. The van der Waals surface area contributed by atoms with Crippen LogP contribution in [0, 0.1) is 16.0 Å². The molecule has 0 saturated carbocycles.